The number of aliphatic hydroxyl groups is 1. The predicted octanol–water partition coefficient (Wildman–Crippen LogP) is 2.31. The summed E-state index contributed by atoms with van der Waals surface area (Å²) in [6.45, 7) is 1.06. The zero-order chi connectivity index (χ0) is 20.8. The SMILES string of the molecule is CNCCNc1nccc(-c2ccn(C(CO)c3ccc(Cl)c(F)c3)c(=O)c2)n1. The van der Waals surface area contributed by atoms with Crippen molar-refractivity contribution in [1.29, 1.82) is 0 Å². The van der Waals surface area contributed by atoms with Gasteiger partial charge in [0.05, 0.1) is 23.4 Å². The number of rotatable bonds is 8. The third-order valence-electron chi connectivity index (χ3n) is 4.39. The quantitative estimate of drug-likeness (QED) is 0.487. The minimum absolute atomic E-state index is 0.0176. The second-order valence-corrected chi connectivity index (χ2v) is 6.74. The predicted molar refractivity (Wildman–Crippen MR) is 111 cm³/mol. The number of hydrogen-bond donors (Lipinski definition) is 3. The van der Waals surface area contributed by atoms with E-state index in [0.29, 0.717) is 29.3 Å². The fourth-order valence-corrected chi connectivity index (χ4v) is 3.00. The van der Waals surface area contributed by atoms with Gasteiger partial charge in [0.1, 0.15) is 5.82 Å². The number of aliphatic hydroxyl groups excluding tert-OH is 1. The fraction of sp³-hybridized carbons (Fsp3) is 0.250. The van der Waals surface area contributed by atoms with Crippen molar-refractivity contribution in [1.82, 2.24) is 19.9 Å². The zero-order valence-corrected chi connectivity index (χ0v) is 16.5. The third kappa shape index (κ3) is 4.97. The maximum atomic E-state index is 13.8. The highest BCUT2D eigenvalue weighted by atomic mass is 35.5. The van der Waals surface area contributed by atoms with Gasteiger partial charge in [-0.1, -0.05) is 17.7 Å². The highest BCUT2D eigenvalue weighted by molar-refractivity contribution is 6.30. The van der Waals surface area contributed by atoms with Crippen LogP contribution in [0.5, 0.6) is 0 Å². The van der Waals surface area contributed by atoms with Crippen LogP contribution in [0.3, 0.4) is 0 Å². The zero-order valence-electron chi connectivity index (χ0n) is 15.8. The Morgan fingerprint density at radius 3 is 2.76 bits per heavy atom. The molecule has 0 amide bonds. The number of aromatic nitrogens is 3. The largest absolute Gasteiger partial charge is 0.394 e. The van der Waals surface area contributed by atoms with E-state index >= 15 is 0 Å². The minimum Gasteiger partial charge on any atom is -0.394 e. The Hall–Kier alpha value is -2.81. The molecule has 0 spiro atoms. The van der Waals surface area contributed by atoms with E-state index < -0.39 is 11.9 Å². The first kappa shape index (κ1) is 20.9. The smallest absolute Gasteiger partial charge is 0.251 e. The molecule has 29 heavy (non-hydrogen) atoms. The molecule has 7 nitrogen and oxygen atoms in total. The number of nitrogens with zero attached hydrogens (tertiary/aromatic N) is 3. The Morgan fingerprint density at radius 1 is 1.24 bits per heavy atom. The lowest BCUT2D eigenvalue weighted by atomic mass is 10.1. The standard InChI is InChI=1S/C20H21ClFN5O2/c1-23-7-8-25-20-24-6-4-17(26-20)13-5-9-27(19(29)11-13)18(12-28)14-2-3-15(21)16(22)10-14/h2-6,9-11,18,23,28H,7-8,12H2,1H3,(H,24,25,26). The van der Waals surface area contributed by atoms with Crippen LogP contribution in [0.15, 0.2) is 53.6 Å². The number of likely N-dealkylation sites (N-methyl/N-ethyl adjacent to an activating group) is 1. The van der Waals surface area contributed by atoms with Crippen LogP contribution < -0.4 is 16.2 Å². The number of benzene rings is 1. The average molecular weight is 418 g/mol. The Balaban J connectivity index is 1.89. The highest BCUT2D eigenvalue weighted by Gasteiger charge is 2.16. The summed E-state index contributed by atoms with van der Waals surface area (Å²) in [6, 6.07) is 8.33. The van der Waals surface area contributed by atoms with E-state index in [1.807, 2.05) is 7.05 Å². The van der Waals surface area contributed by atoms with Crippen LogP contribution in [-0.2, 0) is 0 Å². The number of pyridine rings is 1. The van der Waals surface area contributed by atoms with Crippen LogP contribution in [0.2, 0.25) is 5.02 Å². The topological polar surface area (TPSA) is 92.1 Å². The number of halogens is 2. The van der Waals surface area contributed by atoms with Gasteiger partial charge >= 0.3 is 0 Å². The summed E-state index contributed by atoms with van der Waals surface area (Å²) in [7, 11) is 1.85. The van der Waals surface area contributed by atoms with Gasteiger partial charge in [0.15, 0.2) is 0 Å². The molecule has 3 N–H and O–H groups in total. The van der Waals surface area contributed by atoms with Crippen molar-refractivity contribution in [3.63, 3.8) is 0 Å². The molecule has 3 rings (SSSR count). The van der Waals surface area contributed by atoms with E-state index in [1.165, 1.54) is 22.8 Å². The summed E-state index contributed by atoms with van der Waals surface area (Å²) in [5, 5.41) is 15.9. The van der Waals surface area contributed by atoms with Crippen molar-refractivity contribution in [2.24, 2.45) is 0 Å². The molecule has 0 radical (unpaired) electrons. The number of anilines is 1. The van der Waals surface area contributed by atoms with Gasteiger partial charge in [0, 0.05) is 37.1 Å². The van der Waals surface area contributed by atoms with Gasteiger partial charge in [-0.3, -0.25) is 4.79 Å². The lowest BCUT2D eigenvalue weighted by Gasteiger charge is -2.18. The minimum atomic E-state index is -0.729. The summed E-state index contributed by atoms with van der Waals surface area (Å²) in [6.07, 6.45) is 3.17. The van der Waals surface area contributed by atoms with Crippen LogP contribution in [-0.4, -0.2) is 46.4 Å². The summed E-state index contributed by atoms with van der Waals surface area (Å²) >= 11 is 5.72. The maximum absolute atomic E-state index is 13.8. The molecule has 0 aliphatic rings. The van der Waals surface area contributed by atoms with Gasteiger partial charge in [-0.25, -0.2) is 14.4 Å². The highest BCUT2D eigenvalue weighted by Crippen LogP contribution is 2.23. The van der Waals surface area contributed by atoms with E-state index in [9.17, 15) is 14.3 Å². The maximum Gasteiger partial charge on any atom is 0.251 e. The molecule has 0 saturated carbocycles. The first-order valence-electron chi connectivity index (χ1n) is 9.03. The molecule has 0 saturated heterocycles. The van der Waals surface area contributed by atoms with Crippen molar-refractivity contribution in [2.45, 2.75) is 6.04 Å². The molecule has 1 aromatic carbocycles. The molecule has 2 heterocycles. The van der Waals surface area contributed by atoms with Gasteiger partial charge in [-0.15, -0.1) is 0 Å². The molecule has 9 heteroatoms. The molecule has 0 bridgehead atoms. The summed E-state index contributed by atoms with van der Waals surface area (Å²) in [5.74, 6) is -0.140. The molecule has 152 valence electrons. The first-order valence-corrected chi connectivity index (χ1v) is 9.41. The van der Waals surface area contributed by atoms with E-state index in [0.717, 1.165) is 6.54 Å². The molecule has 0 aliphatic heterocycles. The fourth-order valence-electron chi connectivity index (χ4n) is 2.88. The van der Waals surface area contributed by atoms with Gasteiger partial charge in [-0.2, -0.15) is 0 Å². The Labute approximate surface area is 172 Å². The monoisotopic (exact) mass is 417 g/mol. The Bertz CT molecular complexity index is 1040. The van der Waals surface area contributed by atoms with Crippen LogP contribution in [0.4, 0.5) is 10.3 Å². The van der Waals surface area contributed by atoms with E-state index in [1.54, 1.807) is 30.6 Å². The van der Waals surface area contributed by atoms with Crippen LogP contribution >= 0.6 is 11.6 Å². The molecular weight excluding hydrogens is 397 g/mol. The summed E-state index contributed by atoms with van der Waals surface area (Å²) in [4.78, 5) is 21.3. The lowest BCUT2D eigenvalue weighted by molar-refractivity contribution is 0.247. The van der Waals surface area contributed by atoms with Crippen molar-refractivity contribution in [3.8, 4) is 11.3 Å². The first-order chi connectivity index (χ1) is 14.0. The number of nitrogens with one attached hydrogen (secondary N) is 2. The van der Waals surface area contributed by atoms with Crippen LogP contribution in [0, 0.1) is 5.82 Å². The normalized spacial score (nSPS) is 12.0. The van der Waals surface area contributed by atoms with Crippen molar-refractivity contribution in [2.75, 3.05) is 32.1 Å². The molecule has 1 atom stereocenters. The summed E-state index contributed by atoms with van der Waals surface area (Å²) < 4.78 is 15.1. The third-order valence-corrected chi connectivity index (χ3v) is 4.70. The van der Waals surface area contributed by atoms with Gasteiger partial charge in [-0.05, 0) is 36.9 Å². The average Bonchev–Trinajstić information content (AvgIpc) is 2.72. The Morgan fingerprint density at radius 2 is 2.07 bits per heavy atom. The Kier molecular flexibility index (Phi) is 6.92. The molecule has 0 fully saturated rings. The molecule has 2 aromatic heterocycles. The van der Waals surface area contributed by atoms with Crippen molar-refractivity contribution in [3.05, 3.63) is 75.5 Å². The second-order valence-electron chi connectivity index (χ2n) is 6.33. The van der Waals surface area contributed by atoms with Crippen molar-refractivity contribution < 1.29 is 9.50 Å². The van der Waals surface area contributed by atoms with Gasteiger partial charge in [0.25, 0.3) is 5.56 Å². The number of hydrogen-bond acceptors (Lipinski definition) is 6. The summed E-state index contributed by atoms with van der Waals surface area (Å²) in [5.41, 5.74) is 1.31. The molecular formula is C20H21ClFN5O2. The van der Waals surface area contributed by atoms with Crippen molar-refractivity contribution >= 4 is 17.5 Å². The van der Waals surface area contributed by atoms with Crippen LogP contribution in [0.25, 0.3) is 11.3 Å². The molecule has 3 aromatic rings. The van der Waals surface area contributed by atoms with E-state index in [4.69, 9.17) is 11.6 Å². The van der Waals surface area contributed by atoms with Gasteiger partial charge < -0.3 is 20.3 Å². The molecule has 0 aliphatic carbocycles. The van der Waals surface area contributed by atoms with E-state index in [2.05, 4.69) is 20.6 Å². The van der Waals surface area contributed by atoms with E-state index in [-0.39, 0.29) is 17.2 Å². The van der Waals surface area contributed by atoms with Crippen LogP contribution in [0.1, 0.15) is 11.6 Å². The van der Waals surface area contributed by atoms with Gasteiger partial charge in [0.2, 0.25) is 5.95 Å². The second kappa shape index (κ2) is 9.60. The lowest BCUT2D eigenvalue weighted by Crippen LogP contribution is -2.27. The molecule has 1 unspecified atom stereocenters.